The van der Waals surface area contributed by atoms with Crippen molar-refractivity contribution in [2.45, 2.75) is 39.5 Å². The van der Waals surface area contributed by atoms with Gasteiger partial charge < -0.3 is 9.72 Å². The number of aromatic amines is 1. The molecule has 0 aliphatic carbocycles. The van der Waals surface area contributed by atoms with Crippen LogP contribution in [0.5, 0.6) is 5.75 Å². The first kappa shape index (κ1) is 13.7. The Bertz CT molecular complexity index is 484. The van der Waals surface area contributed by atoms with Crippen LogP contribution in [0.4, 0.5) is 0 Å². The van der Waals surface area contributed by atoms with Gasteiger partial charge >= 0.3 is 0 Å². The van der Waals surface area contributed by atoms with Gasteiger partial charge in [0.25, 0.3) is 0 Å². The van der Waals surface area contributed by atoms with Gasteiger partial charge in [0.2, 0.25) is 0 Å². The van der Waals surface area contributed by atoms with Crippen molar-refractivity contribution in [3.05, 3.63) is 42.2 Å². The normalized spacial score (nSPS) is 10.6. The maximum atomic E-state index is 5.75. The Morgan fingerprint density at radius 3 is 2.42 bits per heavy atom. The number of aromatic nitrogens is 1. The number of H-pyrrole nitrogens is 1. The van der Waals surface area contributed by atoms with Gasteiger partial charge in [-0.1, -0.05) is 38.3 Å². The number of ether oxygens (including phenoxy) is 1. The molecule has 2 aromatic rings. The Kier molecular flexibility index (Phi) is 5.08. The predicted octanol–water partition coefficient (Wildman–Crippen LogP) is 4.95. The zero-order valence-electron chi connectivity index (χ0n) is 11.9. The zero-order valence-corrected chi connectivity index (χ0v) is 11.9. The second-order valence-electron chi connectivity index (χ2n) is 4.99. The van der Waals surface area contributed by atoms with Crippen molar-refractivity contribution in [1.82, 2.24) is 4.98 Å². The van der Waals surface area contributed by atoms with Crippen LogP contribution in [0.2, 0.25) is 0 Å². The maximum Gasteiger partial charge on any atom is 0.119 e. The van der Waals surface area contributed by atoms with Crippen molar-refractivity contribution >= 4 is 0 Å². The lowest BCUT2D eigenvalue weighted by atomic mass is 10.1. The fraction of sp³-hybridized carbons (Fsp3) is 0.412. The summed E-state index contributed by atoms with van der Waals surface area (Å²) in [6, 6.07) is 8.36. The van der Waals surface area contributed by atoms with E-state index >= 15 is 0 Å². The maximum absolute atomic E-state index is 5.75. The van der Waals surface area contributed by atoms with Gasteiger partial charge in [0, 0.05) is 18.0 Å². The minimum absolute atomic E-state index is 0.822. The van der Waals surface area contributed by atoms with E-state index in [2.05, 4.69) is 43.1 Å². The van der Waals surface area contributed by atoms with Crippen molar-refractivity contribution < 1.29 is 4.74 Å². The summed E-state index contributed by atoms with van der Waals surface area (Å²) in [5, 5.41) is 0. The summed E-state index contributed by atoms with van der Waals surface area (Å²) in [4.78, 5) is 3.13. The largest absolute Gasteiger partial charge is 0.494 e. The summed E-state index contributed by atoms with van der Waals surface area (Å²) in [5.41, 5.74) is 3.76. The third kappa shape index (κ3) is 3.88. The van der Waals surface area contributed by atoms with Gasteiger partial charge in [0.05, 0.1) is 6.61 Å². The number of unbranched alkanes of at least 4 members (excludes halogenated alkanes) is 3. The Labute approximate surface area is 115 Å². The lowest BCUT2D eigenvalue weighted by Gasteiger charge is -2.07. The monoisotopic (exact) mass is 257 g/mol. The van der Waals surface area contributed by atoms with Crippen LogP contribution in [0.25, 0.3) is 11.1 Å². The number of aryl methyl sites for hydroxylation is 1. The molecule has 0 aliphatic heterocycles. The summed E-state index contributed by atoms with van der Waals surface area (Å²) in [6.07, 6.45) is 9.03. The molecule has 0 saturated carbocycles. The van der Waals surface area contributed by atoms with Crippen LogP contribution in [0.1, 0.15) is 38.2 Å². The number of nitrogens with one attached hydrogen (secondary N) is 1. The highest BCUT2D eigenvalue weighted by Gasteiger charge is 2.02. The van der Waals surface area contributed by atoms with Crippen molar-refractivity contribution in [2.24, 2.45) is 0 Å². The molecule has 0 atom stereocenters. The van der Waals surface area contributed by atoms with Crippen LogP contribution in [-0.2, 0) is 0 Å². The van der Waals surface area contributed by atoms with Gasteiger partial charge in [0.1, 0.15) is 5.75 Å². The van der Waals surface area contributed by atoms with E-state index in [0.717, 1.165) is 18.8 Å². The fourth-order valence-electron chi connectivity index (χ4n) is 2.20. The Balaban J connectivity index is 1.87. The van der Waals surface area contributed by atoms with E-state index < -0.39 is 0 Å². The van der Waals surface area contributed by atoms with Crippen LogP contribution in [0.15, 0.2) is 36.7 Å². The number of rotatable bonds is 7. The van der Waals surface area contributed by atoms with E-state index in [1.807, 2.05) is 12.4 Å². The van der Waals surface area contributed by atoms with Gasteiger partial charge in [-0.05, 0) is 36.6 Å². The molecule has 1 heterocycles. The zero-order chi connectivity index (χ0) is 13.5. The van der Waals surface area contributed by atoms with E-state index in [1.54, 1.807) is 0 Å². The predicted molar refractivity (Wildman–Crippen MR) is 80.6 cm³/mol. The third-order valence-electron chi connectivity index (χ3n) is 3.38. The topological polar surface area (TPSA) is 25.0 Å². The van der Waals surface area contributed by atoms with E-state index in [4.69, 9.17) is 4.74 Å². The minimum Gasteiger partial charge on any atom is -0.494 e. The van der Waals surface area contributed by atoms with Gasteiger partial charge in [-0.15, -0.1) is 0 Å². The molecular formula is C17H23NO. The molecule has 0 bridgehead atoms. The highest BCUT2D eigenvalue weighted by atomic mass is 16.5. The molecule has 0 spiro atoms. The van der Waals surface area contributed by atoms with E-state index in [9.17, 15) is 0 Å². The molecule has 1 aromatic carbocycles. The Morgan fingerprint density at radius 1 is 1.00 bits per heavy atom. The third-order valence-corrected chi connectivity index (χ3v) is 3.38. The first-order chi connectivity index (χ1) is 9.31. The van der Waals surface area contributed by atoms with Gasteiger partial charge in [-0.3, -0.25) is 0 Å². The summed E-state index contributed by atoms with van der Waals surface area (Å²) in [6.45, 7) is 5.16. The van der Waals surface area contributed by atoms with E-state index in [0.29, 0.717) is 0 Å². The summed E-state index contributed by atoms with van der Waals surface area (Å²) >= 11 is 0. The fourth-order valence-corrected chi connectivity index (χ4v) is 2.20. The molecule has 2 rings (SSSR count). The van der Waals surface area contributed by atoms with E-state index in [-0.39, 0.29) is 0 Å². The van der Waals surface area contributed by atoms with E-state index in [1.165, 1.54) is 36.0 Å². The Morgan fingerprint density at radius 2 is 1.79 bits per heavy atom. The highest BCUT2D eigenvalue weighted by molar-refractivity contribution is 5.66. The molecule has 102 valence electrons. The van der Waals surface area contributed by atoms with Crippen LogP contribution in [0, 0.1) is 6.92 Å². The molecule has 0 saturated heterocycles. The highest BCUT2D eigenvalue weighted by Crippen LogP contribution is 2.25. The van der Waals surface area contributed by atoms with Gasteiger partial charge in [-0.2, -0.15) is 0 Å². The molecule has 0 radical (unpaired) electrons. The molecule has 2 heteroatoms. The molecule has 0 unspecified atom stereocenters. The number of benzene rings is 1. The summed E-state index contributed by atoms with van der Waals surface area (Å²) in [7, 11) is 0. The molecule has 0 aliphatic rings. The van der Waals surface area contributed by atoms with Crippen molar-refractivity contribution in [3.63, 3.8) is 0 Å². The molecule has 1 aromatic heterocycles. The lowest BCUT2D eigenvalue weighted by Crippen LogP contribution is -1.96. The first-order valence-corrected chi connectivity index (χ1v) is 7.18. The average molecular weight is 257 g/mol. The minimum atomic E-state index is 0.822. The van der Waals surface area contributed by atoms with Crippen molar-refractivity contribution in [3.8, 4) is 16.9 Å². The molecular weight excluding hydrogens is 234 g/mol. The second kappa shape index (κ2) is 7.03. The number of hydrogen-bond donors (Lipinski definition) is 1. The molecule has 2 nitrogen and oxygen atoms in total. The molecule has 0 fully saturated rings. The Hall–Kier alpha value is -1.70. The molecule has 1 N–H and O–H groups in total. The van der Waals surface area contributed by atoms with Gasteiger partial charge in [-0.25, -0.2) is 0 Å². The quantitative estimate of drug-likeness (QED) is 0.697. The second-order valence-corrected chi connectivity index (χ2v) is 4.99. The summed E-state index contributed by atoms with van der Waals surface area (Å²) in [5.74, 6) is 0.966. The number of hydrogen-bond acceptors (Lipinski definition) is 1. The van der Waals surface area contributed by atoms with Crippen molar-refractivity contribution in [2.75, 3.05) is 6.61 Å². The van der Waals surface area contributed by atoms with Crippen LogP contribution < -0.4 is 4.74 Å². The van der Waals surface area contributed by atoms with Crippen LogP contribution in [-0.4, -0.2) is 11.6 Å². The first-order valence-electron chi connectivity index (χ1n) is 7.18. The van der Waals surface area contributed by atoms with Crippen molar-refractivity contribution in [1.29, 1.82) is 0 Å². The van der Waals surface area contributed by atoms with Crippen LogP contribution in [0.3, 0.4) is 0 Å². The summed E-state index contributed by atoms with van der Waals surface area (Å²) < 4.78 is 5.75. The van der Waals surface area contributed by atoms with Gasteiger partial charge in [0.15, 0.2) is 0 Å². The molecule has 0 amide bonds. The lowest BCUT2D eigenvalue weighted by molar-refractivity contribution is 0.305. The molecule has 19 heavy (non-hydrogen) atoms. The standard InChI is InChI=1S/C17H23NO/c1-3-4-5-6-11-19-16-9-7-15(8-10-16)17-13-18-12-14(17)2/h7-10,12-13,18H,3-6,11H2,1-2H3. The average Bonchev–Trinajstić information content (AvgIpc) is 2.86. The SMILES string of the molecule is CCCCCCOc1ccc(-c2c[nH]cc2C)cc1. The smallest absolute Gasteiger partial charge is 0.119 e. The van der Waals surface area contributed by atoms with Crippen LogP contribution >= 0.6 is 0 Å².